The number of aromatic nitrogens is 1. The fourth-order valence-corrected chi connectivity index (χ4v) is 4.94. The van der Waals surface area contributed by atoms with Gasteiger partial charge in [0.05, 0.1) is 23.4 Å². The molecular weight excluding hydrogens is 474 g/mol. The van der Waals surface area contributed by atoms with Crippen LogP contribution in [0.25, 0.3) is 0 Å². The number of nitrogens with zero attached hydrogens (tertiary/aromatic N) is 1. The van der Waals surface area contributed by atoms with Gasteiger partial charge in [-0.1, -0.05) is 0 Å². The second-order valence-corrected chi connectivity index (χ2v) is 9.44. The first-order chi connectivity index (χ1) is 16.4. The minimum Gasteiger partial charge on any atom is -0.507 e. The maximum atomic E-state index is 13.7. The number of phenolic OH excluding ortho intramolecular Hbond substituents is 2. The molecule has 0 unspecified atom stereocenters. The number of phenols is 2. The lowest BCUT2D eigenvalue weighted by atomic mass is 9.70. The van der Waals surface area contributed by atoms with Crippen molar-refractivity contribution in [3.63, 3.8) is 0 Å². The number of benzene rings is 1. The lowest BCUT2D eigenvalue weighted by molar-refractivity contribution is -0.124. The summed E-state index contributed by atoms with van der Waals surface area (Å²) in [6.07, 6.45) is 1.12. The third-order valence-electron chi connectivity index (χ3n) is 6.14. The van der Waals surface area contributed by atoms with Gasteiger partial charge in [-0.05, 0) is 34.6 Å². The summed E-state index contributed by atoms with van der Waals surface area (Å²) in [6.45, 7) is 7.18. The minimum absolute atomic E-state index is 0.00364. The van der Waals surface area contributed by atoms with Crippen LogP contribution in [0, 0.1) is 13.8 Å². The molecule has 1 atom stereocenters. The highest BCUT2D eigenvalue weighted by Gasteiger charge is 2.56. The number of amides is 1. The second kappa shape index (κ2) is 8.35. The van der Waals surface area contributed by atoms with Crippen molar-refractivity contribution in [1.82, 2.24) is 10.3 Å². The molecule has 1 aromatic heterocycles. The fraction of sp³-hybridized carbons (Fsp3) is 0.292. The summed E-state index contributed by atoms with van der Waals surface area (Å²) in [5.74, 6) is -3.34. The molecule has 2 aliphatic rings. The molecule has 182 valence electrons. The Morgan fingerprint density at radius 2 is 1.86 bits per heavy atom. The first-order valence-electron chi connectivity index (χ1n) is 10.6. The van der Waals surface area contributed by atoms with Crippen LogP contribution in [0.15, 0.2) is 28.5 Å². The summed E-state index contributed by atoms with van der Waals surface area (Å²) >= 11 is 1.27. The van der Waals surface area contributed by atoms with Gasteiger partial charge in [-0.3, -0.25) is 19.2 Å². The molecule has 1 amide bonds. The number of carbonyl (C=O) groups is 4. The number of ether oxygens (including phenoxy) is 1. The molecule has 1 aromatic carbocycles. The molecule has 0 bridgehead atoms. The fourth-order valence-electron chi connectivity index (χ4n) is 4.24. The van der Waals surface area contributed by atoms with Gasteiger partial charge in [-0.25, -0.2) is 4.98 Å². The molecule has 2 heterocycles. The lowest BCUT2D eigenvalue weighted by Gasteiger charge is -2.29. The highest BCUT2D eigenvalue weighted by atomic mass is 32.1. The number of hydrogen-bond donors (Lipinski definition) is 4. The standard InChI is InChI=1S/C24H23N3O7S/c1-9-8-35-23(26-9)27-15(30)7-25-11(3)16-13(29)6-14-24(5,22(16)33)18-20(32)10(2)19(31)17(12(4)28)21(18)34-14/h6,8,25,31-32H,7H2,1-5H3,(H,26,27,30)/b16-11+/t24-/m0/s1. The molecule has 35 heavy (non-hydrogen) atoms. The molecule has 0 saturated carbocycles. The van der Waals surface area contributed by atoms with Gasteiger partial charge in [0, 0.05) is 22.7 Å². The van der Waals surface area contributed by atoms with E-state index in [1.807, 2.05) is 0 Å². The van der Waals surface area contributed by atoms with Gasteiger partial charge in [0.2, 0.25) is 5.91 Å². The van der Waals surface area contributed by atoms with E-state index in [2.05, 4.69) is 15.6 Å². The van der Waals surface area contributed by atoms with E-state index >= 15 is 0 Å². The summed E-state index contributed by atoms with van der Waals surface area (Å²) in [7, 11) is 0. The Bertz CT molecular complexity index is 1400. The van der Waals surface area contributed by atoms with E-state index in [1.54, 1.807) is 12.3 Å². The largest absolute Gasteiger partial charge is 0.507 e. The molecule has 0 radical (unpaired) electrons. The number of allylic oxidation sites excluding steroid dienone is 4. The van der Waals surface area contributed by atoms with Crippen LogP contribution < -0.4 is 15.4 Å². The Balaban J connectivity index is 1.71. The second-order valence-electron chi connectivity index (χ2n) is 8.58. The first-order valence-corrected chi connectivity index (χ1v) is 11.5. The summed E-state index contributed by atoms with van der Waals surface area (Å²) in [4.78, 5) is 55.3. The average molecular weight is 498 g/mol. The molecule has 4 N–H and O–H groups in total. The zero-order chi connectivity index (χ0) is 25.8. The van der Waals surface area contributed by atoms with E-state index < -0.39 is 40.2 Å². The number of nitrogens with one attached hydrogen (secondary N) is 2. The molecule has 1 aliphatic heterocycles. The highest BCUT2D eigenvalue weighted by Crippen LogP contribution is 2.57. The van der Waals surface area contributed by atoms with Gasteiger partial charge in [-0.15, -0.1) is 11.3 Å². The number of Topliss-reactive ketones (excluding diaryl/α,β-unsaturated/α-hetero) is 2. The average Bonchev–Trinajstić information content (AvgIpc) is 3.31. The SMILES string of the molecule is CC(=O)c1c(O)c(C)c(O)c2c1OC1=CC(=O)/C(=C(/C)NCC(=O)Nc3nc(C)cs3)C(=O)[C@@]12C. The van der Waals surface area contributed by atoms with Crippen molar-refractivity contribution in [1.29, 1.82) is 0 Å². The van der Waals surface area contributed by atoms with E-state index in [0.29, 0.717) is 5.13 Å². The summed E-state index contributed by atoms with van der Waals surface area (Å²) in [6, 6.07) is 0. The van der Waals surface area contributed by atoms with Gasteiger partial charge in [-0.2, -0.15) is 0 Å². The third kappa shape index (κ3) is 3.68. The predicted molar refractivity (Wildman–Crippen MR) is 127 cm³/mol. The smallest absolute Gasteiger partial charge is 0.245 e. The van der Waals surface area contributed by atoms with Crippen molar-refractivity contribution in [2.24, 2.45) is 0 Å². The number of hydrogen-bond acceptors (Lipinski definition) is 10. The van der Waals surface area contributed by atoms with Crippen LogP contribution >= 0.6 is 11.3 Å². The van der Waals surface area contributed by atoms with Gasteiger partial charge < -0.3 is 25.6 Å². The minimum atomic E-state index is -1.62. The predicted octanol–water partition coefficient (Wildman–Crippen LogP) is 2.56. The molecule has 4 rings (SSSR count). The first kappa shape index (κ1) is 24.1. The molecular formula is C24H23N3O7S. The molecule has 0 saturated heterocycles. The molecule has 0 fully saturated rings. The van der Waals surface area contributed by atoms with Crippen LogP contribution in [0.2, 0.25) is 0 Å². The van der Waals surface area contributed by atoms with Crippen LogP contribution in [0.4, 0.5) is 5.13 Å². The number of anilines is 1. The number of ketones is 3. The van der Waals surface area contributed by atoms with Crippen molar-refractivity contribution >= 4 is 39.7 Å². The highest BCUT2D eigenvalue weighted by molar-refractivity contribution is 7.13. The van der Waals surface area contributed by atoms with Gasteiger partial charge in [0.1, 0.15) is 34.0 Å². The maximum absolute atomic E-state index is 13.7. The topological polar surface area (TPSA) is 155 Å². The van der Waals surface area contributed by atoms with Crippen molar-refractivity contribution in [2.75, 3.05) is 11.9 Å². The molecule has 0 spiro atoms. The number of rotatable bonds is 5. The van der Waals surface area contributed by atoms with Gasteiger partial charge >= 0.3 is 0 Å². The van der Waals surface area contributed by atoms with Crippen LogP contribution in [0.1, 0.15) is 48.0 Å². The summed E-state index contributed by atoms with van der Waals surface area (Å²) in [5, 5.41) is 28.9. The van der Waals surface area contributed by atoms with Crippen molar-refractivity contribution in [3.8, 4) is 17.2 Å². The Morgan fingerprint density at radius 3 is 2.46 bits per heavy atom. The van der Waals surface area contributed by atoms with Gasteiger partial charge in [0.15, 0.2) is 22.5 Å². The number of aromatic hydroxyl groups is 2. The quantitative estimate of drug-likeness (QED) is 0.277. The van der Waals surface area contributed by atoms with Gasteiger partial charge in [0.25, 0.3) is 0 Å². The van der Waals surface area contributed by atoms with Crippen LogP contribution in [0.3, 0.4) is 0 Å². The van der Waals surface area contributed by atoms with E-state index in [0.717, 1.165) is 11.8 Å². The summed E-state index contributed by atoms with van der Waals surface area (Å²) < 4.78 is 5.72. The molecule has 2 aromatic rings. The van der Waals surface area contributed by atoms with Crippen molar-refractivity contribution in [2.45, 2.75) is 40.0 Å². The van der Waals surface area contributed by atoms with Crippen LogP contribution in [-0.4, -0.2) is 45.0 Å². The van der Waals surface area contributed by atoms with Crippen molar-refractivity contribution < 1.29 is 34.1 Å². The van der Waals surface area contributed by atoms with E-state index in [1.165, 1.54) is 39.0 Å². The Morgan fingerprint density at radius 1 is 1.17 bits per heavy atom. The van der Waals surface area contributed by atoms with Crippen molar-refractivity contribution in [3.05, 3.63) is 50.9 Å². The third-order valence-corrected chi connectivity index (χ3v) is 7.01. The van der Waals surface area contributed by atoms with E-state index in [9.17, 15) is 29.4 Å². The normalized spacial score (nSPS) is 20.0. The van der Waals surface area contributed by atoms with E-state index in [4.69, 9.17) is 4.74 Å². The maximum Gasteiger partial charge on any atom is 0.245 e. The number of aryl methyl sites for hydroxylation is 1. The van der Waals surface area contributed by atoms with Crippen LogP contribution in [0.5, 0.6) is 17.2 Å². The summed E-state index contributed by atoms with van der Waals surface area (Å²) in [5.41, 5.74) is -1.05. The Hall–Kier alpha value is -3.99. The zero-order valence-corrected chi connectivity index (χ0v) is 20.5. The number of fused-ring (bicyclic) bond motifs is 3. The number of thiazole rings is 1. The molecule has 11 heteroatoms. The van der Waals surface area contributed by atoms with Crippen LogP contribution in [-0.2, 0) is 19.8 Å². The number of carbonyl (C=O) groups excluding carboxylic acids is 4. The van der Waals surface area contributed by atoms with E-state index in [-0.39, 0.29) is 46.0 Å². The Labute approximate surface area is 204 Å². The Kier molecular flexibility index (Phi) is 5.76. The molecule has 1 aliphatic carbocycles. The monoisotopic (exact) mass is 497 g/mol. The lowest BCUT2D eigenvalue weighted by Crippen LogP contribution is -2.41. The zero-order valence-electron chi connectivity index (χ0n) is 19.7. The molecule has 10 nitrogen and oxygen atoms in total.